The van der Waals surface area contributed by atoms with Gasteiger partial charge in [-0.2, -0.15) is 16.9 Å². The molecule has 0 unspecified atom stereocenters. The highest BCUT2D eigenvalue weighted by atomic mass is 35.5. The topological polar surface area (TPSA) is 46.9 Å². The zero-order valence-electron chi connectivity index (χ0n) is 13.0. The van der Waals surface area contributed by atoms with E-state index in [9.17, 15) is 4.79 Å². The standard InChI is InChI=1S/C18H13Cl2N3OS/c19-12-6-11(7-13(20)8-12)18(24)21-17-15-9-25-10-16(15)22-23(17)14-4-2-1-3-5-14/h1-8H,9-10H2,(H,21,24). The van der Waals surface area contributed by atoms with E-state index in [4.69, 9.17) is 23.2 Å². The van der Waals surface area contributed by atoms with Gasteiger partial charge in [0.25, 0.3) is 5.91 Å². The lowest BCUT2D eigenvalue weighted by atomic mass is 10.2. The average Bonchev–Trinajstić information content (AvgIpc) is 3.17. The van der Waals surface area contributed by atoms with Gasteiger partial charge in [-0.25, -0.2) is 4.68 Å². The quantitative estimate of drug-likeness (QED) is 0.671. The van der Waals surface area contributed by atoms with Gasteiger partial charge in [-0.1, -0.05) is 41.4 Å². The van der Waals surface area contributed by atoms with Crippen molar-refractivity contribution in [2.24, 2.45) is 0 Å². The van der Waals surface area contributed by atoms with Gasteiger partial charge < -0.3 is 5.32 Å². The van der Waals surface area contributed by atoms with Crippen LogP contribution in [0.15, 0.2) is 48.5 Å². The maximum Gasteiger partial charge on any atom is 0.256 e. The Morgan fingerprint density at radius 3 is 2.52 bits per heavy atom. The lowest BCUT2D eigenvalue weighted by molar-refractivity contribution is 0.102. The van der Waals surface area contributed by atoms with Crippen LogP contribution in [0.25, 0.3) is 5.69 Å². The van der Waals surface area contributed by atoms with Crippen LogP contribution in [0.3, 0.4) is 0 Å². The number of rotatable bonds is 3. The number of aromatic nitrogens is 2. The molecule has 2 heterocycles. The van der Waals surface area contributed by atoms with Gasteiger partial charge >= 0.3 is 0 Å². The molecule has 2 aromatic carbocycles. The number of fused-ring (bicyclic) bond motifs is 1. The number of anilines is 1. The number of benzene rings is 2. The van der Waals surface area contributed by atoms with Crippen LogP contribution < -0.4 is 5.32 Å². The molecule has 0 spiro atoms. The van der Waals surface area contributed by atoms with Crippen molar-refractivity contribution in [2.45, 2.75) is 11.5 Å². The van der Waals surface area contributed by atoms with Crippen LogP contribution in [-0.2, 0) is 11.5 Å². The Hall–Kier alpha value is -1.95. The average molecular weight is 390 g/mol. The van der Waals surface area contributed by atoms with E-state index >= 15 is 0 Å². The smallest absolute Gasteiger partial charge is 0.256 e. The zero-order valence-corrected chi connectivity index (χ0v) is 15.3. The van der Waals surface area contributed by atoms with Crippen LogP contribution in [-0.4, -0.2) is 15.7 Å². The normalized spacial score (nSPS) is 12.9. The second-order valence-corrected chi connectivity index (χ2v) is 7.48. The highest BCUT2D eigenvalue weighted by Crippen LogP contribution is 2.36. The molecular formula is C18H13Cl2N3OS. The van der Waals surface area contributed by atoms with Gasteiger partial charge in [0, 0.05) is 32.7 Å². The summed E-state index contributed by atoms with van der Waals surface area (Å²) in [6.07, 6.45) is 0. The highest BCUT2D eigenvalue weighted by molar-refractivity contribution is 7.98. The summed E-state index contributed by atoms with van der Waals surface area (Å²) < 4.78 is 1.79. The van der Waals surface area contributed by atoms with Crippen LogP contribution in [0.1, 0.15) is 21.6 Å². The minimum absolute atomic E-state index is 0.263. The molecule has 0 atom stereocenters. The van der Waals surface area contributed by atoms with E-state index in [0.29, 0.717) is 21.4 Å². The van der Waals surface area contributed by atoms with Crippen molar-refractivity contribution in [1.29, 1.82) is 0 Å². The number of para-hydroxylation sites is 1. The second-order valence-electron chi connectivity index (χ2n) is 5.63. The molecule has 1 aromatic heterocycles. The summed E-state index contributed by atoms with van der Waals surface area (Å²) >= 11 is 13.8. The summed E-state index contributed by atoms with van der Waals surface area (Å²) in [6.45, 7) is 0. The number of hydrogen-bond donors (Lipinski definition) is 1. The molecule has 126 valence electrons. The van der Waals surface area contributed by atoms with E-state index in [-0.39, 0.29) is 5.91 Å². The van der Waals surface area contributed by atoms with Gasteiger partial charge in [0.1, 0.15) is 5.82 Å². The van der Waals surface area contributed by atoms with E-state index in [1.165, 1.54) is 0 Å². The summed E-state index contributed by atoms with van der Waals surface area (Å²) in [5.74, 6) is 2.11. The summed E-state index contributed by atoms with van der Waals surface area (Å²) in [5, 5.41) is 8.51. The SMILES string of the molecule is O=C(Nc1c2c(nn1-c1ccccc1)CSC2)c1cc(Cl)cc(Cl)c1. The number of nitrogens with one attached hydrogen (secondary N) is 1. The molecule has 3 aromatic rings. The van der Waals surface area contributed by atoms with Crippen LogP contribution >= 0.6 is 35.0 Å². The molecule has 4 rings (SSSR count). The third-order valence-corrected chi connectivity index (χ3v) is 5.32. The number of carbonyl (C=O) groups is 1. The Bertz CT molecular complexity index is 936. The Morgan fingerprint density at radius 1 is 1.08 bits per heavy atom. The molecule has 1 aliphatic rings. The molecule has 1 amide bonds. The monoisotopic (exact) mass is 389 g/mol. The number of carbonyl (C=O) groups excluding carboxylic acids is 1. The molecule has 7 heteroatoms. The molecule has 4 nitrogen and oxygen atoms in total. The predicted molar refractivity (Wildman–Crippen MR) is 103 cm³/mol. The minimum Gasteiger partial charge on any atom is -0.306 e. The first-order valence-electron chi connectivity index (χ1n) is 7.63. The summed E-state index contributed by atoms with van der Waals surface area (Å²) in [4.78, 5) is 12.7. The number of amides is 1. The lowest BCUT2D eigenvalue weighted by Crippen LogP contribution is -2.16. The fraction of sp³-hybridized carbons (Fsp3) is 0.111. The van der Waals surface area contributed by atoms with Crippen LogP contribution in [0, 0.1) is 0 Å². The Morgan fingerprint density at radius 2 is 1.80 bits per heavy atom. The first-order valence-corrected chi connectivity index (χ1v) is 9.54. The molecule has 0 fully saturated rings. The van der Waals surface area contributed by atoms with E-state index in [1.807, 2.05) is 30.3 Å². The van der Waals surface area contributed by atoms with Crippen molar-refractivity contribution in [1.82, 2.24) is 9.78 Å². The van der Waals surface area contributed by atoms with Crippen molar-refractivity contribution in [3.8, 4) is 5.69 Å². The summed E-state index contributed by atoms with van der Waals surface area (Å²) in [5.41, 5.74) is 3.39. The van der Waals surface area contributed by atoms with Gasteiger partial charge in [0.05, 0.1) is 11.4 Å². The molecule has 0 saturated heterocycles. The van der Waals surface area contributed by atoms with Crippen molar-refractivity contribution < 1.29 is 4.79 Å². The Labute approximate surface area is 159 Å². The van der Waals surface area contributed by atoms with Gasteiger partial charge in [-0.3, -0.25) is 4.79 Å². The molecule has 25 heavy (non-hydrogen) atoms. The fourth-order valence-electron chi connectivity index (χ4n) is 2.76. The molecule has 1 aliphatic heterocycles. The van der Waals surface area contributed by atoms with Gasteiger partial charge in [0.2, 0.25) is 0 Å². The van der Waals surface area contributed by atoms with Crippen molar-refractivity contribution in [3.63, 3.8) is 0 Å². The van der Waals surface area contributed by atoms with E-state index in [1.54, 1.807) is 34.6 Å². The molecule has 0 bridgehead atoms. The zero-order chi connectivity index (χ0) is 17.4. The van der Waals surface area contributed by atoms with Crippen LogP contribution in [0.5, 0.6) is 0 Å². The van der Waals surface area contributed by atoms with Crippen molar-refractivity contribution in [3.05, 3.63) is 75.4 Å². The predicted octanol–water partition coefficient (Wildman–Crippen LogP) is 5.18. The molecule has 1 N–H and O–H groups in total. The molecule has 0 saturated carbocycles. The summed E-state index contributed by atoms with van der Waals surface area (Å²) in [7, 11) is 0. The van der Waals surface area contributed by atoms with E-state index in [2.05, 4.69) is 10.4 Å². The fourth-order valence-corrected chi connectivity index (χ4v) is 4.32. The first-order chi connectivity index (χ1) is 12.1. The van der Waals surface area contributed by atoms with Crippen LogP contribution in [0.2, 0.25) is 10.0 Å². The third kappa shape index (κ3) is 3.27. The van der Waals surface area contributed by atoms with Gasteiger partial charge in [-0.15, -0.1) is 0 Å². The Balaban J connectivity index is 1.74. The maximum absolute atomic E-state index is 12.7. The van der Waals surface area contributed by atoms with Crippen molar-refractivity contribution >= 4 is 46.7 Å². The molecule has 0 radical (unpaired) electrons. The van der Waals surface area contributed by atoms with Gasteiger partial charge in [-0.05, 0) is 30.3 Å². The number of halogens is 2. The second kappa shape index (κ2) is 6.75. The largest absolute Gasteiger partial charge is 0.306 e. The highest BCUT2D eigenvalue weighted by Gasteiger charge is 2.25. The summed E-state index contributed by atoms with van der Waals surface area (Å²) in [6, 6.07) is 14.5. The van der Waals surface area contributed by atoms with Crippen molar-refractivity contribution in [2.75, 3.05) is 5.32 Å². The van der Waals surface area contributed by atoms with Gasteiger partial charge in [0.15, 0.2) is 0 Å². The maximum atomic E-state index is 12.7. The number of hydrogen-bond acceptors (Lipinski definition) is 3. The minimum atomic E-state index is -0.263. The number of nitrogens with zero attached hydrogens (tertiary/aromatic N) is 2. The molecule has 0 aliphatic carbocycles. The molecular weight excluding hydrogens is 377 g/mol. The third-order valence-electron chi connectivity index (χ3n) is 3.91. The van der Waals surface area contributed by atoms with E-state index < -0.39 is 0 Å². The van der Waals surface area contributed by atoms with Crippen LogP contribution in [0.4, 0.5) is 5.82 Å². The Kier molecular flexibility index (Phi) is 4.46. The van der Waals surface area contributed by atoms with E-state index in [0.717, 1.165) is 28.5 Å². The lowest BCUT2D eigenvalue weighted by Gasteiger charge is -2.11. The first kappa shape index (κ1) is 16.5. The number of thioether (sulfide) groups is 1.